The molecule has 2 rings (SSSR count). The van der Waals surface area contributed by atoms with Crippen LogP contribution in [0.15, 0.2) is 41.6 Å². The molecule has 110 valence electrons. The van der Waals surface area contributed by atoms with E-state index in [1.54, 1.807) is 0 Å². The molecule has 1 aromatic carbocycles. The first-order valence-electron chi connectivity index (χ1n) is 7.31. The van der Waals surface area contributed by atoms with Crippen LogP contribution in [0.2, 0.25) is 0 Å². The summed E-state index contributed by atoms with van der Waals surface area (Å²) in [5.74, 6) is 0.715. The summed E-state index contributed by atoms with van der Waals surface area (Å²) in [6, 6.07) is 12.8. The van der Waals surface area contributed by atoms with E-state index in [1.807, 2.05) is 6.92 Å². The van der Waals surface area contributed by atoms with Gasteiger partial charge < -0.3 is 10.6 Å². The van der Waals surface area contributed by atoms with E-state index >= 15 is 0 Å². The lowest BCUT2D eigenvalue weighted by Crippen LogP contribution is -2.34. The van der Waals surface area contributed by atoms with Crippen molar-refractivity contribution in [3.63, 3.8) is 0 Å². The van der Waals surface area contributed by atoms with Gasteiger partial charge in [-0.1, -0.05) is 42.5 Å². The molecule has 0 radical (unpaired) electrons. The van der Waals surface area contributed by atoms with Gasteiger partial charge in [0.15, 0.2) is 0 Å². The Morgan fingerprint density at radius 1 is 1.33 bits per heavy atom. The smallest absolute Gasteiger partial charge is 0.116 e. The van der Waals surface area contributed by atoms with E-state index in [4.69, 9.17) is 23.2 Å². The van der Waals surface area contributed by atoms with E-state index in [-0.39, 0.29) is 4.99 Å². The molecule has 3 nitrogen and oxygen atoms in total. The molecule has 1 aliphatic rings. The molecule has 1 heterocycles. The van der Waals surface area contributed by atoms with Gasteiger partial charge in [0.05, 0.1) is 0 Å². The first-order valence-corrected chi connectivity index (χ1v) is 7.72. The Bertz CT molecular complexity index is 563. The third-order valence-corrected chi connectivity index (χ3v) is 4.38. The zero-order valence-corrected chi connectivity index (χ0v) is 13.2. The zero-order valence-electron chi connectivity index (χ0n) is 12.4. The van der Waals surface area contributed by atoms with Gasteiger partial charge in [-0.25, -0.2) is 0 Å². The van der Waals surface area contributed by atoms with Gasteiger partial charge in [0.25, 0.3) is 0 Å². The van der Waals surface area contributed by atoms with Crippen LogP contribution in [0.25, 0.3) is 0 Å². The first-order chi connectivity index (χ1) is 10.1. The Balaban J connectivity index is 1.95. The molecular weight excluding hydrogens is 278 g/mol. The Kier molecular flexibility index (Phi) is 5.35. The minimum Gasteiger partial charge on any atom is -0.389 e. The molecular formula is C17H21N3S. The van der Waals surface area contributed by atoms with Crippen molar-refractivity contribution < 1.29 is 0 Å². The predicted octanol–water partition coefficient (Wildman–Crippen LogP) is 3.02. The second-order valence-corrected chi connectivity index (χ2v) is 6.00. The Morgan fingerprint density at radius 3 is 2.48 bits per heavy atom. The van der Waals surface area contributed by atoms with Gasteiger partial charge in [0.1, 0.15) is 16.6 Å². The fraction of sp³-hybridized carbons (Fsp3) is 0.412. The van der Waals surface area contributed by atoms with E-state index in [1.165, 1.54) is 5.56 Å². The highest BCUT2D eigenvalue weighted by Crippen LogP contribution is 2.24. The number of piperidine rings is 1. The minimum atomic E-state index is 0.196. The molecule has 0 aromatic heterocycles. The van der Waals surface area contributed by atoms with E-state index in [0.717, 1.165) is 38.0 Å². The molecule has 1 aliphatic heterocycles. The van der Waals surface area contributed by atoms with E-state index in [9.17, 15) is 0 Å². The summed E-state index contributed by atoms with van der Waals surface area (Å²) >= 11 is 4.94. The lowest BCUT2D eigenvalue weighted by atomic mass is 9.90. The fourth-order valence-electron chi connectivity index (χ4n) is 2.89. The second kappa shape index (κ2) is 7.24. The number of nitrogens with zero attached hydrogens (tertiary/aromatic N) is 2. The Labute approximate surface area is 132 Å². The molecule has 0 saturated carbocycles. The molecule has 4 heteroatoms. The molecule has 21 heavy (non-hydrogen) atoms. The number of thiocarbonyl (C=S) groups is 1. The van der Waals surface area contributed by atoms with Gasteiger partial charge in [0.2, 0.25) is 0 Å². The summed E-state index contributed by atoms with van der Waals surface area (Å²) < 4.78 is 0. The molecule has 0 spiro atoms. The molecule has 1 fully saturated rings. The van der Waals surface area contributed by atoms with E-state index in [2.05, 4.69) is 41.3 Å². The third-order valence-electron chi connectivity index (χ3n) is 4.18. The van der Waals surface area contributed by atoms with Crippen LogP contribution in [-0.4, -0.2) is 23.0 Å². The highest BCUT2D eigenvalue weighted by atomic mass is 32.1. The largest absolute Gasteiger partial charge is 0.389 e. The van der Waals surface area contributed by atoms with Crippen LogP contribution in [0, 0.1) is 17.2 Å². The van der Waals surface area contributed by atoms with Gasteiger partial charge in [-0.05, 0) is 37.7 Å². The number of allylic oxidation sites excluding steroid dienone is 1. The topological polar surface area (TPSA) is 53.1 Å². The van der Waals surface area contributed by atoms with Crippen molar-refractivity contribution >= 4 is 17.2 Å². The van der Waals surface area contributed by atoms with E-state index in [0.29, 0.717) is 11.5 Å². The highest BCUT2D eigenvalue weighted by Gasteiger charge is 2.21. The van der Waals surface area contributed by atoms with Crippen molar-refractivity contribution in [3.8, 4) is 6.07 Å². The van der Waals surface area contributed by atoms with Gasteiger partial charge >= 0.3 is 0 Å². The normalized spacial score (nSPS) is 17.0. The molecule has 0 bridgehead atoms. The monoisotopic (exact) mass is 299 g/mol. The number of benzene rings is 1. The molecule has 0 atom stereocenters. The molecule has 2 N–H and O–H groups in total. The maximum atomic E-state index is 9.14. The molecule has 1 saturated heterocycles. The van der Waals surface area contributed by atoms with Gasteiger partial charge in [-0.15, -0.1) is 0 Å². The van der Waals surface area contributed by atoms with Crippen LogP contribution in [0.1, 0.15) is 25.3 Å². The summed E-state index contributed by atoms with van der Waals surface area (Å²) in [4.78, 5) is 2.43. The standard InChI is InChI=1S/C17H21N3S/c1-13(16(12-18)17(19)21)20-9-7-15(8-10-20)11-14-5-3-2-4-6-14/h2-6,15H,7-11H2,1H3,(H2,19,21). The summed E-state index contributed by atoms with van der Waals surface area (Å²) in [5.41, 5.74) is 8.39. The van der Waals surface area contributed by atoms with Crippen LogP contribution in [0.3, 0.4) is 0 Å². The maximum absolute atomic E-state index is 9.14. The quantitative estimate of drug-likeness (QED) is 0.527. The highest BCUT2D eigenvalue weighted by molar-refractivity contribution is 7.80. The van der Waals surface area contributed by atoms with Gasteiger partial charge in [-0.2, -0.15) is 5.26 Å². The Morgan fingerprint density at radius 2 is 1.95 bits per heavy atom. The van der Waals surface area contributed by atoms with Crippen molar-refractivity contribution in [2.75, 3.05) is 13.1 Å². The Hall–Kier alpha value is -1.86. The number of rotatable bonds is 4. The molecule has 0 unspecified atom stereocenters. The van der Waals surface area contributed by atoms with Crippen molar-refractivity contribution in [2.24, 2.45) is 11.7 Å². The van der Waals surface area contributed by atoms with Crippen LogP contribution in [0.4, 0.5) is 0 Å². The summed E-state index contributed by atoms with van der Waals surface area (Å²) in [5, 5.41) is 9.14. The lowest BCUT2D eigenvalue weighted by molar-refractivity contribution is 0.225. The van der Waals surface area contributed by atoms with E-state index < -0.39 is 0 Å². The van der Waals surface area contributed by atoms with Crippen molar-refractivity contribution in [3.05, 3.63) is 47.2 Å². The molecule has 1 aromatic rings. The number of likely N-dealkylation sites (tertiary alicyclic amines) is 1. The molecule has 0 amide bonds. The number of hydrogen-bond donors (Lipinski definition) is 1. The van der Waals surface area contributed by atoms with Crippen LogP contribution in [0.5, 0.6) is 0 Å². The van der Waals surface area contributed by atoms with Crippen LogP contribution >= 0.6 is 12.2 Å². The van der Waals surface area contributed by atoms with Gasteiger partial charge in [-0.3, -0.25) is 0 Å². The summed E-state index contributed by atoms with van der Waals surface area (Å²) in [6.07, 6.45) is 3.42. The summed E-state index contributed by atoms with van der Waals surface area (Å²) in [6.45, 7) is 3.88. The number of nitrogens with two attached hydrogens (primary N) is 1. The first kappa shape index (κ1) is 15.5. The van der Waals surface area contributed by atoms with Crippen LogP contribution in [-0.2, 0) is 6.42 Å². The second-order valence-electron chi connectivity index (χ2n) is 5.56. The average Bonchev–Trinajstić information content (AvgIpc) is 2.49. The zero-order chi connectivity index (χ0) is 15.2. The van der Waals surface area contributed by atoms with Crippen LogP contribution < -0.4 is 5.73 Å². The third kappa shape index (κ3) is 4.05. The lowest BCUT2D eigenvalue weighted by Gasteiger charge is -2.34. The van der Waals surface area contributed by atoms with Crippen molar-refractivity contribution in [2.45, 2.75) is 26.2 Å². The number of nitriles is 1. The SMILES string of the molecule is CC(=C(C#N)C(N)=S)N1CCC(Cc2ccccc2)CC1. The number of hydrogen-bond acceptors (Lipinski definition) is 3. The maximum Gasteiger partial charge on any atom is 0.116 e. The average molecular weight is 299 g/mol. The van der Waals surface area contributed by atoms with Crippen molar-refractivity contribution in [1.82, 2.24) is 4.90 Å². The fourth-order valence-corrected chi connectivity index (χ4v) is 3.09. The predicted molar refractivity (Wildman–Crippen MR) is 89.5 cm³/mol. The minimum absolute atomic E-state index is 0.196. The summed E-state index contributed by atoms with van der Waals surface area (Å²) in [7, 11) is 0. The van der Waals surface area contributed by atoms with Gasteiger partial charge in [0, 0.05) is 18.8 Å². The van der Waals surface area contributed by atoms with Crippen molar-refractivity contribution in [1.29, 1.82) is 5.26 Å². The molecule has 0 aliphatic carbocycles.